The third kappa shape index (κ3) is 7.10. The van der Waals surface area contributed by atoms with Gasteiger partial charge in [0.1, 0.15) is 11.6 Å². The largest absolute Gasteiger partial charge is 0.573 e. The summed E-state index contributed by atoms with van der Waals surface area (Å²) in [6.45, 7) is 1.50. The van der Waals surface area contributed by atoms with Gasteiger partial charge in [-0.25, -0.2) is 9.18 Å². The molecule has 0 aliphatic heterocycles. The Kier molecular flexibility index (Phi) is 8.69. The van der Waals surface area contributed by atoms with Gasteiger partial charge in [-0.15, -0.1) is 30.0 Å². The number of hydrogen-bond donors (Lipinski definition) is 1. The van der Waals surface area contributed by atoms with Crippen LogP contribution in [-0.4, -0.2) is 35.1 Å². The molecule has 2 rings (SSSR count). The van der Waals surface area contributed by atoms with E-state index in [0.717, 1.165) is 36.0 Å². The normalized spacial score (nSPS) is 18.0. The molecule has 0 fully saturated rings. The van der Waals surface area contributed by atoms with E-state index in [1.807, 2.05) is 0 Å². The summed E-state index contributed by atoms with van der Waals surface area (Å²) in [5, 5.41) is 18.1. The SMILES string of the molecule is CCOC(=O)C(N=Nc1ccc(OC(F)(F)F)cc1)=C(O)C1=C(F)CC(Br)C=C1SC. The Balaban J connectivity index is 2.42. The highest BCUT2D eigenvalue weighted by Crippen LogP contribution is 2.39. The summed E-state index contributed by atoms with van der Waals surface area (Å²) < 4.78 is 60.0. The summed E-state index contributed by atoms with van der Waals surface area (Å²) in [5.41, 5.74) is -0.780. The monoisotopic (exact) mass is 524 g/mol. The number of thioether (sulfide) groups is 1. The Morgan fingerprint density at radius 2 is 1.97 bits per heavy atom. The zero-order chi connectivity index (χ0) is 23.2. The highest BCUT2D eigenvalue weighted by atomic mass is 79.9. The van der Waals surface area contributed by atoms with E-state index in [1.54, 1.807) is 12.3 Å². The summed E-state index contributed by atoms with van der Waals surface area (Å²) >= 11 is 4.45. The predicted octanol–water partition coefficient (Wildman–Crippen LogP) is 6.64. The molecule has 0 spiro atoms. The van der Waals surface area contributed by atoms with Crippen molar-refractivity contribution in [1.29, 1.82) is 0 Å². The van der Waals surface area contributed by atoms with Crippen LogP contribution in [-0.2, 0) is 9.53 Å². The van der Waals surface area contributed by atoms with Crippen molar-refractivity contribution < 1.29 is 36.9 Å². The first-order chi connectivity index (χ1) is 14.6. The van der Waals surface area contributed by atoms with E-state index in [0.29, 0.717) is 4.91 Å². The van der Waals surface area contributed by atoms with Crippen LogP contribution < -0.4 is 4.74 Å². The average Bonchev–Trinajstić information content (AvgIpc) is 2.67. The summed E-state index contributed by atoms with van der Waals surface area (Å²) in [4.78, 5) is 12.4. The Morgan fingerprint density at radius 3 is 2.52 bits per heavy atom. The Morgan fingerprint density at radius 1 is 1.32 bits per heavy atom. The second kappa shape index (κ2) is 10.8. The number of ether oxygens (including phenoxy) is 2. The second-order valence-electron chi connectivity index (χ2n) is 5.89. The van der Waals surface area contributed by atoms with Crippen molar-refractivity contribution in [2.75, 3.05) is 12.9 Å². The number of nitrogens with zero attached hydrogens (tertiary/aromatic N) is 2. The molecular weight excluding hydrogens is 508 g/mol. The van der Waals surface area contributed by atoms with Crippen LogP contribution in [0.4, 0.5) is 23.2 Å². The fourth-order valence-corrected chi connectivity index (χ4v) is 3.89. The molecule has 0 aromatic heterocycles. The van der Waals surface area contributed by atoms with Gasteiger partial charge in [0.25, 0.3) is 0 Å². The topological polar surface area (TPSA) is 80.5 Å². The molecule has 6 nitrogen and oxygen atoms in total. The molecule has 0 heterocycles. The van der Waals surface area contributed by atoms with E-state index in [9.17, 15) is 27.5 Å². The lowest BCUT2D eigenvalue weighted by Crippen LogP contribution is -2.16. The molecule has 0 saturated heterocycles. The molecular formula is C19H17BrF4N2O4S. The molecule has 0 bridgehead atoms. The number of alkyl halides is 4. The van der Waals surface area contributed by atoms with Gasteiger partial charge in [0.05, 0.1) is 17.9 Å². The lowest BCUT2D eigenvalue weighted by atomic mass is 10.0. The summed E-state index contributed by atoms with van der Waals surface area (Å²) in [5.74, 6) is -2.92. The van der Waals surface area contributed by atoms with Crippen LogP contribution in [0.3, 0.4) is 0 Å². The number of azo groups is 1. The third-order valence-corrected chi connectivity index (χ3v) is 5.08. The molecule has 1 aliphatic rings. The zero-order valence-corrected chi connectivity index (χ0v) is 18.6. The third-order valence-electron chi connectivity index (χ3n) is 3.71. The molecule has 1 N–H and O–H groups in total. The van der Waals surface area contributed by atoms with Crippen molar-refractivity contribution >= 4 is 39.3 Å². The lowest BCUT2D eigenvalue weighted by molar-refractivity contribution is -0.274. The first-order valence-electron chi connectivity index (χ1n) is 8.72. The number of carbonyl (C=O) groups is 1. The summed E-state index contributed by atoms with van der Waals surface area (Å²) in [6.07, 6.45) is -1.54. The molecule has 1 aromatic rings. The maximum Gasteiger partial charge on any atom is 0.573 e. The van der Waals surface area contributed by atoms with Crippen molar-refractivity contribution in [3.63, 3.8) is 0 Å². The molecule has 1 aliphatic carbocycles. The van der Waals surface area contributed by atoms with Gasteiger partial charge in [-0.2, -0.15) is 5.11 Å². The standard InChI is InChI=1S/C19H17BrF4N2O4S/c1-3-29-18(28)16(17(27)15-13(21)8-10(20)9-14(15)31-2)26-25-11-4-6-12(7-5-11)30-19(22,23)24/h4-7,9-10,27H,3,8H2,1-2H3. The van der Waals surface area contributed by atoms with Gasteiger partial charge in [0, 0.05) is 16.2 Å². The predicted molar refractivity (Wildman–Crippen MR) is 111 cm³/mol. The fourth-order valence-electron chi connectivity index (χ4n) is 2.45. The zero-order valence-electron chi connectivity index (χ0n) is 16.2. The van der Waals surface area contributed by atoms with Gasteiger partial charge in [-0.05, 0) is 37.4 Å². The minimum absolute atomic E-state index is 0.0369. The minimum atomic E-state index is -4.84. The van der Waals surface area contributed by atoms with Crippen LogP contribution in [0, 0.1) is 0 Å². The molecule has 0 amide bonds. The summed E-state index contributed by atoms with van der Waals surface area (Å²) in [7, 11) is 0. The fraction of sp³-hybridized carbons (Fsp3) is 0.316. The van der Waals surface area contributed by atoms with Crippen LogP contribution in [0.15, 0.2) is 68.3 Å². The molecule has 1 atom stereocenters. The van der Waals surface area contributed by atoms with Gasteiger partial charge in [-0.3, -0.25) is 0 Å². The Bertz CT molecular complexity index is 943. The summed E-state index contributed by atoms with van der Waals surface area (Å²) in [6, 6.07) is 4.33. The number of halogens is 5. The van der Waals surface area contributed by atoms with Crippen molar-refractivity contribution in [2.45, 2.75) is 24.5 Å². The van der Waals surface area contributed by atoms with Gasteiger partial charge in [0.15, 0.2) is 5.76 Å². The number of esters is 1. The maximum atomic E-state index is 14.6. The first kappa shape index (κ1) is 24.9. The van der Waals surface area contributed by atoms with Crippen molar-refractivity contribution in [2.24, 2.45) is 10.2 Å². The lowest BCUT2D eigenvalue weighted by Gasteiger charge is -2.19. The number of aliphatic hydroxyl groups is 1. The molecule has 31 heavy (non-hydrogen) atoms. The van der Waals surface area contributed by atoms with Crippen LogP contribution >= 0.6 is 27.7 Å². The molecule has 168 valence electrons. The minimum Gasteiger partial charge on any atom is -0.505 e. The van der Waals surface area contributed by atoms with E-state index < -0.39 is 35.4 Å². The van der Waals surface area contributed by atoms with Crippen LogP contribution in [0.25, 0.3) is 0 Å². The number of rotatable bonds is 7. The molecule has 1 aromatic carbocycles. The quantitative estimate of drug-likeness (QED) is 0.108. The number of aliphatic hydroxyl groups excluding tert-OH is 1. The Hall–Kier alpha value is -2.34. The van der Waals surface area contributed by atoms with E-state index in [4.69, 9.17) is 4.74 Å². The number of benzene rings is 1. The van der Waals surface area contributed by atoms with Crippen LogP contribution in [0.2, 0.25) is 0 Å². The van der Waals surface area contributed by atoms with Crippen LogP contribution in [0.5, 0.6) is 5.75 Å². The van der Waals surface area contributed by atoms with E-state index in [2.05, 4.69) is 30.9 Å². The van der Waals surface area contributed by atoms with Crippen molar-refractivity contribution in [1.82, 2.24) is 0 Å². The molecule has 1 unspecified atom stereocenters. The maximum absolute atomic E-state index is 14.6. The van der Waals surface area contributed by atoms with Gasteiger partial charge in [-0.1, -0.05) is 22.0 Å². The van der Waals surface area contributed by atoms with E-state index in [-0.39, 0.29) is 29.1 Å². The van der Waals surface area contributed by atoms with Crippen LogP contribution in [0.1, 0.15) is 13.3 Å². The second-order valence-corrected chi connectivity index (χ2v) is 7.92. The molecule has 0 radical (unpaired) electrons. The highest BCUT2D eigenvalue weighted by molar-refractivity contribution is 9.09. The number of hydrogen-bond acceptors (Lipinski definition) is 7. The average molecular weight is 525 g/mol. The van der Waals surface area contributed by atoms with E-state index in [1.165, 1.54) is 6.92 Å². The number of allylic oxidation sites excluding steroid dienone is 3. The van der Waals surface area contributed by atoms with Crippen molar-refractivity contribution in [3.8, 4) is 5.75 Å². The molecule has 0 saturated carbocycles. The smallest absolute Gasteiger partial charge is 0.505 e. The van der Waals surface area contributed by atoms with E-state index >= 15 is 0 Å². The number of carbonyl (C=O) groups excluding carboxylic acids is 1. The van der Waals surface area contributed by atoms with Gasteiger partial charge >= 0.3 is 12.3 Å². The van der Waals surface area contributed by atoms with Gasteiger partial charge < -0.3 is 14.6 Å². The van der Waals surface area contributed by atoms with Gasteiger partial charge in [0.2, 0.25) is 5.70 Å². The Labute approximate surface area is 187 Å². The highest BCUT2D eigenvalue weighted by Gasteiger charge is 2.31. The first-order valence-corrected chi connectivity index (χ1v) is 10.9. The molecule has 12 heteroatoms. The van der Waals surface area contributed by atoms with Crippen molar-refractivity contribution in [3.05, 3.63) is 58.1 Å².